The zero-order valence-corrected chi connectivity index (χ0v) is 12.3. The van der Waals surface area contributed by atoms with Crippen molar-refractivity contribution < 1.29 is 4.74 Å². The molecule has 106 valence electrons. The van der Waals surface area contributed by atoms with Crippen LogP contribution in [0.5, 0.6) is 0 Å². The molecule has 0 aliphatic carbocycles. The van der Waals surface area contributed by atoms with Crippen molar-refractivity contribution in [2.45, 2.75) is 6.92 Å². The lowest BCUT2D eigenvalue weighted by Gasteiger charge is -2.01. The van der Waals surface area contributed by atoms with E-state index in [-0.39, 0.29) is 0 Å². The van der Waals surface area contributed by atoms with Crippen LogP contribution in [0.4, 0.5) is 5.13 Å². The van der Waals surface area contributed by atoms with Crippen LogP contribution in [0, 0.1) is 6.92 Å². The standard InChI is InChI=1S/C13H17N5OS/c1-9-5-3-4-6-10(9)11-17-18-13(20-11)16-12(14)15-7-8-19-2/h3-6H,7-8H2,1-2H3,(H3,14,15,16,18). The van der Waals surface area contributed by atoms with Gasteiger partial charge in [0.25, 0.3) is 0 Å². The third-order valence-electron chi connectivity index (χ3n) is 2.61. The van der Waals surface area contributed by atoms with Crippen LogP contribution >= 0.6 is 11.3 Å². The van der Waals surface area contributed by atoms with Gasteiger partial charge in [-0.15, -0.1) is 10.2 Å². The average molecular weight is 291 g/mol. The number of hydrogen-bond acceptors (Lipinski definition) is 5. The summed E-state index contributed by atoms with van der Waals surface area (Å²) in [6.45, 7) is 3.09. The van der Waals surface area contributed by atoms with E-state index < -0.39 is 0 Å². The zero-order valence-electron chi connectivity index (χ0n) is 11.5. The molecule has 0 aliphatic heterocycles. The minimum Gasteiger partial charge on any atom is -0.383 e. The molecule has 1 aromatic carbocycles. The predicted octanol–water partition coefficient (Wildman–Crippen LogP) is 1.89. The molecule has 7 heteroatoms. The van der Waals surface area contributed by atoms with E-state index in [1.165, 1.54) is 11.3 Å². The fraction of sp³-hybridized carbons (Fsp3) is 0.308. The molecule has 1 aromatic heterocycles. The van der Waals surface area contributed by atoms with Crippen LogP contribution in [-0.2, 0) is 4.74 Å². The Morgan fingerprint density at radius 1 is 1.40 bits per heavy atom. The van der Waals surface area contributed by atoms with Crippen molar-refractivity contribution in [3.8, 4) is 10.6 Å². The number of nitrogens with two attached hydrogens (primary N) is 1. The molecule has 2 rings (SSSR count). The highest BCUT2D eigenvalue weighted by atomic mass is 32.1. The second-order valence-corrected chi connectivity index (χ2v) is 5.09. The Labute approximate surface area is 121 Å². The van der Waals surface area contributed by atoms with Crippen molar-refractivity contribution in [2.75, 3.05) is 25.6 Å². The SMILES string of the molecule is COCCN=C(N)Nc1nnc(-c2ccccc2C)s1. The molecule has 0 saturated carbocycles. The fourth-order valence-corrected chi connectivity index (χ4v) is 2.44. The normalized spacial score (nSPS) is 11.6. The van der Waals surface area contributed by atoms with Gasteiger partial charge in [0.15, 0.2) is 5.96 Å². The van der Waals surface area contributed by atoms with Crippen LogP contribution in [0.3, 0.4) is 0 Å². The first-order valence-electron chi connectivity index (χ1n) is 6.16. The molecule has 0 spiro atoms. The van der Waals surface area contributed by atoms with Gasteiger partial charge in [-0.05, 0) is 12.5 Å². The number of aromatic nitrogens is 2. The van der Waals surface area contributed by atoms with Gasteiger partial charge in [-0.1, -0.05) is 35.6 Å². The minimum atomic E-state index is 0.314. The molecule has 0 saturated heterocycles. The van der Waals surface area contributed by atoms with Crippen LogP contribution in [0.15, 0.2) is 29.3 Å². The van der Waals surface area contributed by atoms with Crippen LogP contribution in [0.1, 0.15) is 5.56 Å². The lowest BCUT2D eigenvalue weighted by Crippen LogP contribution is -2.23. The van der Waals surface area contributed by atoms with Crippen molar-refractivity contribution in [3.05, 3.63) is 29.8 Å². The maximum atomic E-state index is 5.75. The molecule has 6 nitrogen and oxygen atoms in total. The van der Waals surface area contributed by atoms with Crippen molar-refractivity contribution in [3.63, 3.8) is 0 Å². The van der Waals surface area contributed by atoms with Crippen LogP contribution in [-0.4, -0.2) is 36.4 Å². The summed E-state index contributed by atoms with van der Waals surface area (Å²) in [7, 11) is 1.62. The van der Waals surface area contributed by atoms with E-state index in [1.807, 2.05) is 31.2 Å². The number of nitrogens with one attached hydrogen (secondary N) is 1. The lowest BCUT2D eigenvalue weighted by atomic mass is 10.1. The number of guanidine groups is 1. The topological polar surface area (TPSA) is 85.4 Å². The Morgan fingerprint density at radius 3 is 2.95 bits per heavy atom. The maximum Gasteiger partial charge on any atom is 0.212 e. The van der Waals surface area contributed by atoms with E-state index in [2.05, 4.69) is 20.5 Å². The lowest BCUT2D eigenvalue weighted by molar-refractivity contribution is 0.208. The molecule has 0 radical (unpaired) electrons. The quantitative estimate of drug-likeness (QED) is 0.499. The zero-order chi connectivity index (χ0) is 14.4. The van der Waals surface area contributed by atoms with Crippen LogP contribution < -0.4 is 11.1 Å². The maximum absolute atomic E-state index is 5.75. The Bertz CT molecular complexity index is 596. The van der Waals surface area contributed by atoms with Gasteiger partial charge in [0, 0.05) is 12.7 Å². The number of aliphatic imine (C=N–C) groups is 1. The summed E-state index contributed by atoms with van der Waals surface area (Å²) in [5.41, 5.74) is 7.99. The Kier molecular flexibility index (Phi) is 5.03. The summed E-state index contributed by atoms with van der Waals surface area (Å²) < 4.78 is 4.90. The molecule has 0 unspecified atom stereocenters. The highest BCUT2D eigenvalue weighted by Gasteiger charge is 2.08. The largest absolute Gasteiger partial charge is 0.383 e. The molecule has 0 aliphatic rings. The highest BCUT2D eigenvalue weighted by molar-refractivity contribution is 7.18. The van der Waals surface area contributed by atoms with E-state index >= 15 is 0 Å². The monoisotopic (exact) mass is 291 g/mol. The van der Waals surface area contributed by atoms with Crippen LogP contribution in [0.25, 0.3) is 10.6 Å². The van der Waals surface area contributed by atoms with Crippen molar-refractivity contribution in [1.29, 1.82) is 0 Å². The van der Waals surface area contributed by atoms with Gasteiger partial charge >= 0.3 is 0 Å². The summed E-state index contributed by atoms with van der Waals surface area (Å²) in [4.78, 5) is 4.11. The molecule has 0 atom stereocenters. The number of benzene rings is 1. The van der Waals surface area contributed by atoms with Crippen molar-refractivity contribution >= 4 is 22.4 Å². The second kappa shape index (κ2) is 6.97. The summed E-state index contributed by atoms with van der Waals surface area (Å²) in [6, 6.07) is 8.05. The number of nitrogens with zero attached hydrogens (tertiary/aromatic N) is 3. The Balaban J connectivity index is 2.06. The number of hydrogen-bond donors (Lipinski definition) is 2. The van der Waals surface area contributed by atoms with E-state index in [4.69, 9.17) is 10.5 Å². The Morgan fingerprint density at radius 2 is 2.20 bits per heavy atom. The van der Waals surface area contributed by atoms with Gasteiger partial charge in [0.05, 0.1) is 13.2 Å². The highest BCUT2D eigenvalue weighted by Crippen LogP contribution is 2.28. The van der Waals surface area contributed by atoms with E-state index in [9.17, 15) is 0 Å². The molecule has 0 amide bonds. The molecule has 0 fully saturated rings. The molecular weight excluding hydrogens is 274 g/mol. The Hall–Kier alpha value is -1.99. The van der Waals surface area contributed by atoms with Crippen molar-refractivity contribution in [1.82, 2.24) is 10.2 Å². The first-order chi connectivity index (χ1) is 9.70. The van der Waals surface area contributed by atoms with Gasteiger partial charge in [0.1, 0.15) is 5.01 Å². The van der Waals surface area contributed by atoms with E-state index in [1.54, 1.807) is 7.11 Å². The third-order valence-corrected chi connectivity index (χ3v) is 3.49. The summed E-state index contributed by atoms with van der Waals surface area (Å²) in [5, 5.41) is 12.6. The van der Waals surface area contributed by atoms with Gasteiger partial charge in [-0.3, -0.25) is 4.99 Å². The summed E-state index contributed by atoms with van der Waals surface area (Å²) >= 11 is 1.44. The predicted molar refractivity (Wildman–Crippen MR) is 82.1 cm³/mol. The fourth-order valence-electron chi connectivity index (χ4n) is 1.60. The minimum absolute atomic E-state index is 0.314. The number of rotatable bonds is 5. The molecular formula is C13H17N5OS. The van der Waals surface area contributed by atoms with E-state index in [0.29, 0.717) is 24.2 Å². The molecule has 1 heterocycles. The smallest absolute Gasteiger partial charge is 0.212 e. The van der Waals surface area contributed by atoms with Crippen molar-refractivity contribution in [2.24, 2.45) is 10.7 Å². The van der Waals surface area contributed by atoms with Gasteiger partial charge in [-0.2, -0.15) is 0 Å². The van der Waals surface area contributed by atoms with E-state index in [0.717, 1.165) is 16.1 Å². The molecule has 0 bridgehead atoms. The molecule has 2 aromatic rings. The summed E-state index contributed by atoms with van der Waals surface area (Å²) in [5.74, 6) is 0.314. The van der Waals surface area contributed by atoms with Crippen LogP contribution in [0.2, 0.25) is 0 Å². The van der Waals surface area contributed by atoms with Gasteiger partial charge in [-0.25, -0.2) is 0 Å². The third kappa shape index (κ3) is 3.75. The summed E-state index contributed by atoms with van der Waals surface area (Å²) in [6.07, 6.45) is 0. The number of anilines is 1. The first kappa shape index (κ1) is 14.4. The average Bonchev–Trinajstić information content (AvgIpc) is 2.88. The number of aryl methyl sites for hydroxylation is 1. The number of methoxy groups -OCH3 is 1. The number of ether oxygens (including phenoxy) is 1. The van der Waals surface area contributed by atoms with Gasteiger partial charge < -0.3 is 15.8 Å². The first-order valence-corrected chi connectivity index (χ1v) is 6.97. The second-order valence-electron chi connectivity index (χ2n) is 4.11. The molecule has 3 N–H and O–H groups in total. The molecule has 20 heavy (non-hydrogen) atoms. The van der Waals surface area contributed by atoms with Gasteiger partial charge in [0.2, 0.25) is 5.13 Å².